The molecule has 0 saturated carbocycles. The van der Waals surface area contributed by atoms with Gasteiger partial charge in [0.15, 0.2) is 0 Å². The molecule has 0 heterocycles. The van der Waals surface area contributed by atoms with Gasteiger partial charge in [-0.1, -0.05) is 57.5 Å². The highest BCUT2D eigenvalue weighted by Crippen LogP contribution is 2.11. The van der Waals surface area contributed by atoms with Crippen molar-refractivity contribution in [3.63, 3.8) is 0 Å². The molecule has 0 saturated heterocycles. The van der Waals surface area contributed by atoms with Gasteiger partial charge >= 0.3 is 0 Å². The average Bonchev–Trinajstić information content (AvgIpc) is 2.26. The van der Waals surface area contributed by atoms with Gasteiger partial charge in [0.05, 0.1) is 0 Å². The van der Waals surface area contributed by atoms with E-state index in [-0.39, 0.29) is 0 Å². The molecule has 2 heteroatoms. The van der Waals surface area contributed by atoms with Crippen LogP contribution in [0.4, 0.5) is 0 Å². The molecule has 0 spiro atoms. The third kappa shape index (κ3) is 2.96. The molecule has 0 aliphatic rings. The second-order valence-electron chi connectivity index (χ2n) is 3.83. The van der Waals surface area contributed by atoms with Crippen molar-refractivity contribution in [1.82, 2.24) is 4.98 Å². The molecule has 0 amide bonds. The van der Waals surface area contributed by atoms with Crippen LogP contribution in [0.3, 0.4) is 0 Å². The van der Waals surface area contributed by atoms with Crippen LogP contribution in [0.5, 0.6) is 0 Å². The van der Waals surface area contributed by atoms with Gasteiger partial charge in [-0.05, 0) is 17.3 Å². The van der Waals surface area contributed by atoms with Gasteiger partial charge in [-0.2, -0.15) is 0 Å². The standard InChI is InChI=1S/C12H21NSi/c1-4-11(3)14(13-5-2)12-9-7-6-8-10-12/h6-11,13-14H,4-5H2,1-3H3. The molecular weight excluding hydrogens is 186 g/mol. The van der Waals surface area contributed by atoms with Crippen LogP contribution < -0.4 is 10.2 Å². The van der Waals surface area contributed by atoms with Gasteiger partial charge in [0.1, 0.15) is 8.96 Å². The van der Waals surface area contributed by atoms with E-state index in [4.69, 9.17) is 0 Å². The number of benzene rings is 1. The summed E-state index contributed by atoms with van der Waals surface area (Å²) in [6, 6.07) is 10.9. The molecule has 2 atom stereocenters. The minimum absolute atomic E-state index is 0.831. The molecule has 0 bridgehead atoms. The highest BCUT2D eigenvalue weighted by atomic mass is 28.3. The quantitative estimate of drug-likeness (QED) is 0.729. The predicted octanol–water partition coefficient (Wildman–Crippen LogP) is 2.03. The smallest absolute Gasteiger partial charge is 0.144 e. The van der Waals surface area contributed by atoms with Gasteiger partial charge in [0, 0.05) is 0 Å². The Labute approximate surface area is 89.2 Å². The lowest BCUT2D eigenvalue weighted by Crippen LogP contribution is -2.47. The van der Waals surface area contributed by atoms with Crippen LogP contribution in [0, 0.1) is 0 Å². The highest BCUT2D eigenvalue weighted by molar-refractivity contribution is 6.72. The zero-order valence-corrected chi connectivity index (χ0v) is 10.6. The molecule has 14 heavy (non-hydrogen) atoms. The zero-order chi connectivity index (χ0) is 10.4. The molecule has 1 N–H and O–H groups in total. The van der Waals surface area contributed by atoms with E-state index in [2.05, 4.69) is 56.1 Å². The van der Waals surface area contributed by atoms with E-state index < -0.39 is 8.96 Å². The maximum Gasteiger partial charge on any atom is 0.144 e. The molecule has 0 fully saturated rings. The van der Waals surface area contributed by atoms with E-state index in [1.807, 2.05) is 0 Å². The summed E-state index contributed by atoms with van der Waals surface area (Å²) in [6.07, 6.45) is 1.28. The summed E-state index contributed by atoms with van der Waals surface area (Å²) in [5.41, 5.74) is 0.831. The number of hydrogen-bond donors (Lipinski definition) is 1. The van der Waals surface area contributed by atoms with Gasteiger partial charge in [0.2, 0.25) is 0 Å². The predicted molar refractivity (Wildman–Crippen MR) is 66.6 cm³/mol. The second kappa shape index (κ2) is 5.99. The molecule has 0 radical (unpaired) electrons. The fourth-order valence-electron chi connectivity index (χ4n) is 1.76. The van der Waals surface area contributed by atoms with Crippen molar-refractivity contribution >= 4 is 14.1 Å². The molecule has 2 unspecified atom stereocenters. The Hall–Kier alpha value is -0.603. The Balaban J connectivity index is 2.77. The molecule has 0 aliphatic carbocycles. The molecular formula is C12H21NSi. The lowest BCUT2D eigenvalue weighted by atomic mass is 10.4. The van der Waals surface area contributed by atoms with E-state index in [1.165, 1.54) is 6.42 Å². The van der Waals surface area contributed by atoms with Gasteiger partial charge in [0.25, 0.3) is 0 Å². The SMILES string of the molecule is CCN[SiH](c1ccccc1)C(C)CC. The zero-order valence-electron chi connectivity index (χ0n) is 9.46. The Kier molecular flexibility index (Phi) is 4.91. The monoisotopic (exact) mass is 207 g/mol. The largest absolute Gasteiger partial charge is 0.336 e. The third-order valence-electron chi connectivity index (χ3n) is 2.80. The second-order valence-corrected chi connectivity index (χ2v) is 7.00. The summed E-state index contributed by atoms with van der Waals surface area (Å²) in [6.45, 7) is 7.94. The Morgan fingerprint density at radius 3 is 2.36 bits per heavy atom. The maximum atomic E-state index is 3.69. The summed E-state index contributed by atoms with van der Waals surface area (Å²) >= 11 is 0. The number of nitrogens with one attached hydrogen (secondary N) is 1. The maximum absolute atomic E-state index is 3.69. The van der Waals surface area contributed by atoms with Gasteiger partial charge in [-0.15, -0.1) is 0 Å². The molecule has 0 aromatic heterocycles. The first-order valence-electron chi connectivity index (χ1n) is 5.57. The van der Waals surface area contributed by atoms with Crippen molar-refractivity contribution in [1.29, 1.82) is 0 Å². The first-order chi connectivity index (χ1) is 6.79. The average molecular weight is 207 g/mol. The van der Waals surface area contributed by atoms with Crippen molar-refractivity contribution in [2.75, 3.05) is 6.54 Å². The van der Waals surface area contributed by atoms with Crippen LogP contribution in [0.1, 0.15) is 27.2 Å². The van der Waals surface area contributed by atoms with Crippen molar-refractivity contribution in [2.24, 2.45) is 0 Å². The van der Waals surface area contributed by atoms with Crippen LogP contribution in [0.2, 0.25) is 5.54 Å². The molecule has 1 rings (SSSR count). The Morgan fingerprint density at radius 2 is 1.86 bits per heavy atom. The minimum Gasteiger partial charge on any atom is -0.336 e. The number of hydrogen-bond acceptors (Lipinski definition) is 1. The highest BCUT2D eigenvalue weighted by Gasteiger charge is 2.18. The molecule has 1 nitrogen and oxygen atoms in total. The molecule has 0 aliphatic heterocycles. The van der Waals surface area contributed by atoms with Crippen LogP contribution in [0.15, 0.2) is 30.3 Å². The van der Waals surface area contributed by atoms with E-state index in [1.54, 1.807) is 5.19 Å². The third-order valence-corrected chi connectivity index (χ3v) is 6.36. The summed E-state index contributed by atoms with van der Waals surface area (Å²) in [5, 5.41) is 1.55. The summed E-state index contributed by atoms with van der Waals surface area (Å²) in [4.78, 5) is 3.69. The topological polar surface area (TPSA) is 12.0 Å². The van der Waals surface area contributed by atoms with Crippen LogP contribution >= 0.6 is 0 Å². The van der Waals surface area contributed by atoms with Crippen molar-refractivity contribution < 1.29 is 0 Å². The van der Waals surface area contributed by atoms with Crippen molar-refractivity contribution in [3.05, 3.63) is 30.3 Å². The van der Waals surface area contributed by atoms with Crippen molar-refractivity contribution in [3.8, 4) is 0 Å². The Bertz CT molecular complexity index is 248. The summed E-state index contributed by atoms with van der Waals surface area (Å²) in [7, 11) is -0.936. The molecule has 1 aromatic rings. The van der Waals surface area contributed by atoms with Crippen LogP contribution in [-0.4, -0.2) is 15.5 Å². The van der Waals surface area contributed by atoms with E-state index in [0.29, 0.717) is 0 Å². The van der Waals surface area contributed by atoms with Gasteiger partial charge in [-0.25, -0.2) is 0 Å². The van der Waals surface area contributed by atoms with E-state index >= 15 is 0 Å². The van der Waals surface area contributed by atoms with E-state index in [0.717, 1.165) is 12.1 Å². The van der Waals surface area contributed by atoms with Crippen molar-refractivity contribution in [2.45, 2.75) is 32.7 Å². The summed E-state index contributed by atoms with van der Waals surface area (Å²) in [5.74, 6) is 0. The van der Waals surface area contributed by atoms with Crippen LogP contribution in [0.25, 0.3) is 0 Å². The fraction of sp³-hybridized carbons (Fsp3) is 0.500. The normalized spacial score (nSPS) is 15.1. The molecule has 1 aromatic carbocycles. The minimum atomic E-state index is -0.936. The lowest BCUT2D eigenvalue weighted by Gasteiger charge is -2.22. The summed E-state index contributed by atoms with van der Waals surface area (Å²) < 4.78 is 0. The van der Waals surface area contributed by atoms with E-state index in [9.17, 15) is 0 Å². The van der Waals surface area contributed by atoms with Crippen LogP contribution in [-0.2, 0) is 0 Å². The van der Waals surface area contributed by atoms with Gasteiger partial charge < -0.3 is 4.98 Å². The fourth-order valence-corrected chi connectivity index (χ4v) is 4.61. The molecule has 78 valence electrons. The first-order valence-corrected chi connectivity index (χ1v) is 7.40. The first kappa shape index (κ1) is 11.5. The Morgan fingerprint density at radius 1 is 1.21 bits per heavy atom. The van der Waals surface area contributed by atoms with Gasteiger partial charge in [-0.3, -0.25) is 0 Å². The number of rotatable bonds is 5. The lowest BCUT2D eigenvalue weighted by molar-refractivity contribution is 0.826.